The predicted molar refractivity (Wildman–Crippen MR) is 321 cm³/mol. The van der Waals surface area contributed by atoms with Crippen LogP contribution >= 0.6 is 131 Å². The smallest absolute Gasteiger partial charge is 0.247 e. The van der Waals surface area contributed by atoms with Crippen molar-refractivity contribution < 1.29 is 28.8 Å². The number of fused-ring (bicyclic) bond motifs is 2. The van der Waals surface area contributed by atoms with E-state index in [9.17, 15) is 28.8 Å². The van der Waals surface area contributed by atoms with E-state index in [2.05, 4.69) is 52.6 Å². The van der Waals surface area contributed by atoms with Gasteiger partial charge in [0, 0.05) is 12.1 Å². The third-order valence-electron chi connectivity index (χ3n) is 12.8. The minimum atomic E-state index is -0.684. The average molecular weight is 1130 g/mol. The first-order valence-electron chi connectivity index (χ1n) is 21.3. The molecule has 0 bridgehead atoms. The summed E-state index contributed by atoms with van der Waals surface area (Å²) in [6.07, 6.45) is 4.23. The first-order valence-corrected chi connectivity index (χ1v) is 23.4. The number of hydrogen-bond donors (Lipinski definition) is 5. The zero-order valence-electron chi connectivity index (χ0n) is 40.3. The topological polar surface area (TPSA) is 169 Å². The molecule has 0 saturated carbocycles. The normalized spacial score (nSPS) is 23.7. The lowest BCUT2D eigenvalue weighted by Crippen LogP contribution is -2.57. The molecular weight excluding hydrogens is 1060 g/mol. The SMILES string of the molecule is CN[C@@H](C)C(=O)N[C@H]1CCS[C@H]2CC(C)(C)[C@@H](C(=O)Cc3ccc(CCc4ccc(NC(=O)[C@H]5N6C(=O)[C@@H](NC(=O)[C@H](C)NC)CCS[C@H]6CC5(C)C)cc4)cc3)N2C1=O.S.S.S.S.S.S.S.S. The molecule has 2 aromatic carbocycles. The third-order valence-corrected chi connectivity index (χ3v) is 15.3. The van der Waals surface area contributed by atoms with Crippen LogP contribution in [0, 0.1) is 10.8 Å². The molecule has 13 nitrogen and oxygen atoms in total. The fraction of sp³-hybridized carbons (Fsp3) is 0.600. The van der Waals surface area contributed by atoms with Gasteiger partial charge in [-0.2, -0.15) is 108 Å². The lowest BCUT2D eigenvalue weighted by molar-refractivity contribution is -0.142. The number of carbonyl (C=O) groups is 6. The lowest BCUT2D eigenvalue weighted by Gasteiger charge is -2.34. The van der Waals surface area contributed by atoms with Gasteiger partial charge in [0.25, 0.3) is 0 Å². The minimum absolute atomic E-state index is 0. The second-order valence-corrected chi connectivity index (χ2v) is 20.8. The summed E-state index contributed by atoms with van der Waals surface area (Å²) < 4.78 is 0. The molecule has 6 rings (SSSR count). The molecule has 68 heavy (non-hydrogen) atoms. The second kappa shape index (κ2) is 30.8. The highest BCUT2D eigenvalue weighted by atomic mass is 32.2. The van der Waals surface area contributed by atoms with Crippen molar-refractivity contribution in [1.82, 2.24) is 31.1 Å². The van der Waals surface area contributed by atoms with Gasteiger partial charge in [-0.15, -0.1) is 23.5 Å². The van der Waals surface area contributed by atoms with Crippen LogP contribution in [-0.4, -0.2) is 118 Å². The van der Waals surface area contributed by atoms with Gasteiger partial charge in [0.05, 0.1) is 28.9 Å². The molecule has 390 valence electrons. The van der Waals surface area contributed by atoms with Gasteiger partial charge in [-0.25, -0.2) is 0 Å². The summed E-state index contributed by atoms with van der Waals surface area (Å²) in [6.45, 7) is 11.7. The van der Waals surface area contributed by atoms with Crippen molar-refractivity contribution in [1.29, 1.82) is 0 Å². The standard InChI is InChI=1S/C45H63N7O6S2.8H2S/c1-26(46-7)39(54)49-32-19-21-59-35-24-44(3,4)37(51(35)42(32)57)34(53)23-30-13-11-28(12-14-30)9-10-29-15-17-31(18-16-29)48-41(56)38-45(5,6)25-36-52(38)43(58)33(20-22-60-36)50-40(55)27(2)47-8;;;;;;;;/h11-18,26-27,32-33,35-38,46-47H,9-10,19-25H2,1-8H3,(H,48,56)(H,49,54)(H,50,55);8*1H2/t26-,27-,32-,33-,35-,36-,37+,38+;;;;;;;;/m0......../s1. The van der Waals surface area contributed by atoms with Crippen LogP contribution in [0.4, 0.5) is 5.69 Å². The number of nitrogens with one attached hydrogen (secondary N) is 5. The summed E-state index contributed by atoms with van der Waals surface area (Å²) in [5, 5.41) is 14.5. The first kappa shape index (κ1) is 71.1. The number of aryl methyl sites for hydroxylation is 2. The van der Waals surface area contributed by atoms with E-state index in [0.717, 1.165) is 41.7 Å². The van der Waals surface area contributed by atoms with E-state index in [0.29, 0.717) is 30.7 Å². The predicted octanol–water partition coefficient (Wildman–Crippen LogP) is 4.79. The molecule has 4 fully saturated rings. The van der Waals surface area contributed by atoms with Gasteiger partial charge in [-0.05, 0) is 118 Å². The van der Waals surface area contributed by atoms with Crippen LogP contribution in [0.15, 0.2) is 48.5 Å². The number of thioether (sulfide) groups is 2. The summed E-state index contributed by atoms with van der Waals surface area (Å²) in [5.74, 6) is 0.360. The molecule has 0 radical (unpaired) electrons. The molecule has 0 aliphatic carbocycles. The number of hydrogen-bond acceptors (Lipinski definition) is 10. The Morgan fingerprint density at radius 3 is 1.38 bits per heavy atom. The Balaban J connectivity index is -0.00000528. The quantitative estimate of drug-likeness (QED) is 0.178. The van der Waals surface area contributed by atoms with Gasteiger partial charge in [0.2, 0.25) is 29.5 Å². The highest BCUT2D eigenvalue weighted by Gasteiger charge is 2.55. The van der Waals surface area contributed by atoms with Crippen LogP contribution in [0.25, 0.3) is 0 Å². The van der Waals surface area contributed by atoms with Crippen molar-refractivity contribution in [3.63, 3.8) is 0 Å². The van der Waals surface area contributed by atoms with Crippen LogP contribution in [0.2, 0.25) is 0 Å². The highest BCUT2D eigenvalue weighted by Crippen LogP contribution is 2.48. The van der Waals surface area contributed by atoms with Crippen molar-refractivity contribution in [3.05, 3.63) is 65.2 Å². The molecule has 23 heteroatoms. The Morgan fingerprint density at radius 2 is 0.971 bits per heavy atom. The Bertz CT molecular complexity index is 1820. The fourth-order valence-electron chi connectivity index (χ4n) is 9.04. The van der Waals surface area contributed by atoms with Gasteiger partial charge in [0.1, 0.15) is 18.1 Å². The minimum Gasteiger partial charge on any atom is -0.343 e. The highest BCUT2D eigenvalue weighted by molar-refractivity contribution is 8.00. The van der Waals surface area contributed by atoms with E-state index in [1.165, 1.54) is 0 Å². The molecule has 0 aromatic heterocycles. The Hall–Kier alpha value is -1.12. The van der Waals surface area contributed by atoms with Gasteiger partial charge < -0.3 is 36.4 Å². The van der Waals surface area contributed by atoms with E-state index in [4.69, 9.17) is 0 Å². The molecule has 0 unspecified atom stereocenters. The molecule has 4 aliphatic rings. The maximum absolute atomic E-state index is 14.0. The van der Waals surface area contributed by atoms with Crippen molar-refractivity contribution in [2.45, 2.75) is 133 Å². The van der Waals surface area contributed by atoms with Crippen LogP contribution in [0.1, 0.15) is 83.9 Å². The summed E-state index contributed by atoms with van der Waals surface area (Å²) in [4.78, 5) is 84.6. The summed E-state index contributed by atoms with van der Waals surface area (Å²) in [7, 11) is 3.41. The summed E-state index contributed by atoms with van der Waals surface area (Å²) in [6, 6.07) is 12.4. The fourth-order valence-corrected chi connectivity index (χ4v) is 12.2. The first-order chi connectivity index (χ1) is 28.4. The molecule has 2 aromatic rings. The molecule has 0 spiro atoms. The number of carbonyl (C=O) groups excluding carboxylic acids is 6. The number of rotatable bonds is 14. The Kier molecular flexibility index (Phi) is 32.2. The van der Waals surface area contributed by atoms with E-state index in [-0.39, 0.29) is 160 Å². The maximum Gasteiger partial charge on any atom is 0.247 e. The number of anilines is 1. The summed E-state index contributed by atoms with van der Waals surface area (Å²) in [5.41, 5.74) is 2.93. The number of ketones is 1. The van der Waals surface area contributed by atoms with Crippen molar-refractivity contribution in [3.8, 4) is 0 Å². The van der Waals surface area contributed by atoms with E-state index < -0.39 is 47.1 Å². The zero-order valence-corrected chi connectivity index (χ0v) is 49.9. The zero-order chi connectivity index (χ0) is 43.5. The second-order valence-electron chi connectivity index (χ2n) is 18.2. The molecule has 4 heterocycles. The van der Waals surface area contributed by atoms with E-state index >= 15 is 0 Å². The molecule has 8 atom stereocenters. The molecular formula is C45H79N7O6S10. The third kappa shape index (κ3) is 16.7. The number of Topliss-reactive ketones (excluding diaryl/α,β-unsaturated/α-hetero) is 1. The van der Waals surface area contributed by atoms with E-state index in [1.807, 2.05) is 50.2 Å². The average Bonchev–Trinajstić information content (AvgIpc) is 3.53. The van der Waals surface area contributed by atoms with Gasteiger partial charge in [-0.3, -0.25) is 28.8 Å². The lowest BCUT2D eigenvalue weighted by atomic mass is 9.81. The molecule has 5 N–H and O–H groups in total. The maximum atomic E-state index is 14.0. The molecule has 4 aliphatic heterocycles. The molecule has 4 saturated heterocycles. The van der Waals surface area contributed by atoms with Crippen LogP contribution in [-0.2, 0) is 48.0 Å². The number of nitrogens with zero attached hydrogens (tertiary/aromatic N) is 2. The largest absolute Gasteiger partial charge is 0.343 e. The van der Waals surface area contributed by atoms with Gasteiger partial charge >= 0.3 is 0 Å². The molecule has 5 amide bonds. The number of amides is 5. The van der Waals surface area contributed by atoms with Gasteiger partial charge in [0.15, 0.2) is 5.78 Å². The van der Waals surface area contributed by atoms with Crippen molar-refractivity contribution >= 4 is 172 Å². The summed E-state index contributed by atoms with van der Waals surface area (Å²) >= 11 is 3.37. The van der Waals surface area contributed by atoms with Crippen LogP contribution in [0.5, 0.6) is 0 Å². The van der Waals surface area contributed by atoms with Crippen molar-refractivity contribution in [2.75, 3.05) is 30.9 Å². The Labute approximate surface area is 469 Å². The number of likely N-dealkylation sites (N-methyl/N-ethyl adjacent to an activating group) is 2. The van der Waals surface area contributed by atoms with Crippen LogP contribution in [0.3, 0.4) is 0 Å². The Morgan fingerprint density at radius 1 is 0.603 bits per heavy atom. The van der Waals surface area contributed by atoms with Crippen LogP contribution < -0.4 is 26.6 Å². The van der Waals surface area contributed by atoms with E-state index in [1.54, 1.807) is 61.3 Å². The van der Waals surface area contributed by atoms with Gasteiger partial charge in [-0.1, -0.05) is 64.1 Å². The van der Waals surface area contributed by atoms with Crippen molar-refractivity contribution in [2.24, 2.45) is 10.8 Å². The number of benzene rings is 2. The monoisotopic (exact) mass is 1130 g/mol.